The molecule has 0 atom stereocenters. The number of carboxylic acid groups (broad SMARTS) is 1. The third-order valence-electron chi connectivity index (χ3n) is 4.60. The molecule has 3 N–H and O–H groups in total. The van der Waals surface area contributed by atoms with Gasteiger partial charge in [0.05, 0.1) is 43.3 Å². The molecule has 0 aliphatic carbocycles. The fourth-order valence-electron chi connectivity index (χ4n) is 3.11. The second-order valence-corrected chi connectivity index (χ2v) is 6.65. The van der Waals surface area contributed by atoms with E-state index in [0.29, 0.717) is 28.6 Å². The fraction of sp³-hybridized carbons (Fsp3) is 0.167. The molecule has 0 amide bonds. The van der Waals surface area contributed by atoms with E-state index >= 15 is 0 Å². The Hall–Kier alpha value is -4.20. The van der Waals surface area contributed by atoms with Gasteiger partial charge >= 0.3 is 11.9 Å². The van der Waals surface area contributed by atoms with Gasteiger partial charge in [-0.2, -0.15) is 0 Å². The Labute approximate surface area is 185 Å². The zero-order valence-corrected chi connectivity index (χ0v) is 18.0. The highest BCUT2D eigenvalue weighted by Crippen LogP contribution is 2.35. The second-order valence-electron chi connectivity index (χ2n) is 6.65. The van der Waals surface area contributed by atoms with Crippen molar-refractivity contribution in [3.63, 3.8) is 0 Å². The molecule has 8 nitrogen and oxygen atoms in total. The quantitative estimate of drug-likeness (QED) is 0.400. The Morgan fingerprint density at radius 1 is 0.812 bits per heavy atom. The van der Waals surface area contributed by atoms with Gasteiger partial charge in [-0.15, -0.1) is 0 Å². The molecular formula is C24H24N2O6. The molecule has 0 unspecified atom stereocenters. The highest BCUT2D eigenvalue weighted by molar-refractivity contribution is 6.05. The molecule has 0 aliphatic rings. The van der Waals surface area contributed by atoms with Gasteiger partial charge in [0.1, 0.15) is 0 Å². The van der Waals surface area contributed by atoms with Crippen molar-refractivity contribution >= 4 is 34.7 Å². The topological polar surface area (TPSA) is 106 Å². The van der Waals surface area contributed by atoms with Gasteiger partial charge in [0, 0.05) is 17.4 Å². The molecule has 0 aliphatic heterocycles. The van der Waals surface area contributed by atoms with Crippen LogP contribution >= 0.6 is 0 Å². The highest BCUT2D eigenvalue weighted by atomic mass is 16.5. The number of para-hydroxylation sites is 1. The third kappa shape index (κ3) is 5.10. The van der Waals surface area contributed by atoms with E-state index in [4.69, 9.17) is 14.2 Å². The maximum Gasteiger partial charge on any atom is 0.339 e. The normalized spacial score (nSPS) is 10.2. The molecule has 0 bridgehead atoms. The summed E-state index contributed by atoms with van der Waals surface area (Å²) in [5.41, 5.74) is 2.13. The molecule has 0 spiro atoms. The minimum absolute atomic E-state index is 0.0547. The molecule has 0 aromatic heterocycles. The van der Waals surface area contributed by atoms with Crippen LogP contribution in [0.4, 0.5) is 22.7 Å². The molecule has 3 rings (SSSR count). The molecular weight excluding hydrogens is 412 g/mol. The number of hydrogen-bond donors (Lipinski definition) is 3. The van der Waals surface area contributed by atoms with Crippen molar-refractivity contribution < 1.29 is 28.9 Å². The minimum Gasteiger partial charge on any atom is -0.493 e. The molecule has 0 heterocycles. The van der Waals surface area contributed by atoms with Crippen LogP contribution in [0.5, 0.6) is 11.5 Å². The molecule has 8 heteroatoms. The van der Waals surface area contributed by atoms with Crippen LogP contribution in [0, 0.1) is 0 Å². The van der Waals surface area contributed by atoms with Crippen molar-refractivity contribution in [1.29, 1.82) is 0 Å². The van der Waals surface area contributed by atoms with Crippen molar-refractivity contribution in [2.24, 2.45) is 0 Å². The Kier molecular flexibility index (Phi) is 7.17. The molecule has 3 aromatic carbocycles. The summed E-state index contributed by atoms with van der Waals surface area (Å²) in [6, 6.07) is 17.4. The van der Waals surface area contributed by atoms with Crippen molar-refractivity contribution in [2.75, 3.05) is 31.5 Å². The van der Waals surface area contributed by atoms with Crippen LogP contribution in [0.25, 0.3) is 0 Å². The van der Waals surface area contributed by atoms with E-state index in [-0.39, 0.29) is 17.7 Å². The van der Waals surface area contributed by atoms with Crippen molar-refractivity contribution in [3.8, 4) is 11.5 Å². The predicted molar refractivity (Wildman–Crippen MR) is 122 cm³/mol. The number of anilines is 4. The van der Waals surface area contributed by atoms with E-state index in [1.165, 1.54) is 19.2 Å². The molecule has 0 saturated heterocycles. The molecule has 0 radical (unpaired) electrons. The lowest BCUT2D eigenvalue weighted by atomic mass is 10.0. The monoisotopic (exact) mass is 436 g/mol. The lowest BCUT2D eigenvalue weighted by Crippen LogP contribution is -2.13. The maximum absolute atomic E-state index is 12.5. The van der Waals surface area contributed by atoms with Crippen LogP contribution in [0.2, 0.25) is 0 Å². The molecule has 166 valence electrons. The number of nitrogens with one attached hydrogen (secondary N) is 2. The highest BCUT2D eigenvalue weighted by Gasteiger charge is 2.21. The number of carboxylic acids is 1. The van der Waals surface area contributed by atoms with Crippen molar-refractivity contribution in [3.05, 3.63) is 71.8 Å². The fourth-order valence-corrected chi connectivity index (χ4v) is 3.11. The Bertz CT molecular complexity index is 1110. The second kappa shape index (κ2) is 10.2. The van der Waals surface area contributed by atoms with Gasteiger partial charge in [-0.3, -0.25) is 0 Å². The van der Waals surface area contributed by atoms with Gasteiger partial charge in [-0.1, -0.05) is 18.2 Å². The molecule has 0 saturated carbocycles. The first-order valence-corrected chi connectivity index (χ1v) is 9.86. The lowest BCUT2D eigenvalue weighted by molar-refractivity contribution is 0.0514. The summed E-state index contributed by atoms with van der Waals surface area (Å²) in [4.78, 5) is 24.3. The first-order valence-electron chi connectivity index (χ1n) is 9.86. The van der Waals surface area contributed by atoms with Crippen LogP contribution in [0.15, 0.2) is 60.7 Å². The standard InChI is InChI=1S/C24H24N2O6/c1-4-32-24(29)18-14-20(26-16-10-11-21(30-2)22(12-16)31-3)19(13-17(18)23(27)28)25-15-8-6-5-7-9-15/h5-14,25-26H,4H2,1-3H3,(H,27,28). The van der Waals surface area contributed by atoms with Crippen molar-refractivity contribution in [1.82, 2.24) is 0 Å². The van der Waals surface area contributed by atoms with E-state index in [1.54, 1.807) is 32.2 Å². The number of ether oxygens (including phenoxy) is 3. The van der Waals surface area contributed by atoms with Gasteiger partial charge in [0.2, 0.25) is 0 Å². The third-order valence-corrected chi connectivity index (χ3v) is 4.60. The van der Waals surface area contributed by atoms with Crippen molar-refractivity contribution in [2.45, 2.75) is 6.92 Å². The number of rotatable bonds is 9. The number of hydrogen-bond acceptors (Lipinski definition) is 7. The first kappa shape index (κ1) is 22.5. The zero-order valence-electron chi connectivity index (χ0n) is 18.0. The van der Waals surface area contributed by atoms with E-state index in [2.05, 4.69) is 10.6 Å². The van der Waals surface area contributed by atoms with E-state index < -0.39 is 11.9 Å². The van der Waals surface area contributed by atoms with Gasteiger partial charge < -0.3 is 30.0 Å². The summed E-state index contributed by atoms with van der Waals surface area (Å²) < 4.78 is 15.7. The van der Waals surface area contributed by atoms with Crippen LogP contribution in [0.3, 0.4) is 0 Å². The molecule has 32 heavy (non-hydrogen) atoms. The summed E-state index contributed by atoms with van der Waals surface area (Å²) in [5.74, 6) is -0.870. The van der Waals surface area contributed by atoms with E-state index in [1.807, 2.05) is 30.3 Å². The average molecular weight is 436 g/mol. The number of methoxy groups -OCH3 is 2. The molecule has 0 fully saturated rings. The minimum atomic E-state index is -1.23. The van der Waals surface area contributed by atoms with Gasteiger partial charge in [-0.25, -0.2) is 9.59 Å². The molecule has 3 aromatic rings. The largest absolute Gasteiger partial charge is 0.493 e. The lowest BCUT2D eigenvalue weighted by Gasteiger charge is -2.18. The van der Waals surface area contributed by atoms with Gasteiger partial charge in [-0.05, 0) is 43.3 Å². The van der Waals surface area contributed by atoms with Crippen LogP contribution < -0.4 is 20.1 Å². The number of esters is 1. The first-order chi connectivity index (χ1) is 15.5. The Balaban J connectivity index is 2.11. The SMILES string of the molecule is CCOC(=O)c1cc(Nc2ccc(OC)c(OC)c2)c(Nc2ccccc2)cc1C(=O)O. The average Bonchev–Trinajstić information content (AvgIpc) is 2.80. The smallest absolute Gasteiger partial charge is 0.339 e. The van der Waals surface area contributed by atoms with Gasteiger partial charge in [0.15, 0.2) is 11.5 Å². The maximum atomic E-state index is 12.5. The summed E-state index contributed by atoms with van der Waals surface area (Å²) in [5, 5.41) is 16.1. The van der Waals surface area contributed by atoms with Crippen LogP contribution in [-0.4, -0.2) is 37.9 Å². The number of carbonyl (C=O) groups is 2. The predicted octanol–water partition coefficient (Wildman–Crippen LogP) is 5.07. The number of carbonyl (C=O) groups excluding carboxylic acids is 1. The summed E-state index contributed by atoms with van der Waals surface area (Å²) in [6.45, 7) is 1.78. The van der Waals surface area contributed by atoms with Gasteiger partial charge in [0.25, 0.3) is 0 Å². The zero-order chi connectivity index (χ0) is 23.1. The Morgan fingerprint density at radius 2 is 1.44 bits per heavy atom. The Morgan fingerprint density at radius 3 is 2.03 bits per heavy atom. The summed E-state index contributed by atoms with van der Waals surface area (Å²) in [6.07, 6.45) is 0. The number of benzene rings is 3. The van der Waals surface area contributed by atoms with Crippen LogP contribution in [-0.2, 0) is 4.74 Å². The number of aromatic carboxylic acids is 1. The summed E-state index contributed by atoms with van der Waals surface area (Å²) >= 11 is 0. The van der Waals surface area contributed by atoms with E-state index in [0.717, 1.165) is 5.69 Å². The van der Waals surface area contributed by atoms with Crippen LogP contribution in [0.1, 0.15) is 27.6 Å². The van der Waals surface area contributed by atoms with E-state index in [9.17, 15) is 14.7 Å². The summed E-state index contributed by atoms with van der Waals surface area (Å²) in [7, 11) is 3.08.